The predicted molar refractivity (Wildman–Crippen MR) is 47.3 cm³/mol. The van der Waals surface area contributed by atoms with Gasteiger partial charge in [-0.3, -0.25) is 0 Å². The first kappa shape index (κ1) is 8.97. The summed E-state index contributed by atoms with van der Waals surface area (Å²) < 4.78 is 5.25. The quantitative estimate of drug-likeness (QED) is 0.688. The lowest BCUT2D eigenvalue weighted by molar-refractivity contribution is 0.325. The average molecular weight is 166 g/mol. The van der Waals surface area contributed by atoms with Crippen molar-refractivity contribution in [2.75, 3.05) is 6.61 Å². The van der Waals surface area contributed by atoms with Gasteiger partial charge in [0, 0.05) is 6.07 Å². The first-order valence-corrected chi connectivity index (χ1v) is 4.18. The molecule has 3 heteroatoms. The Morgan fingerprint density at radius 3 is 2.75 bits per heavy atom. The molecule has 1 rings (SSSR count). The molecule has 0 aliphatic rings. The topological polar surface area (TPSA) is 35.0 Å². The highest BCUT2D eigenvalue weighted by Gasteiger charge is 2.02. The second kappa shape index (κ2) is 4.04. The minimum Gasteiger partial charge on any atom is -0.478 e. The number of ether oxygens (including phenoxy) is 1. The molecule has 0 fully saturated rings. The summed E-state index contributed by atoms with van der Waals surface area (Å²) in [5, 5.41) is 0. The third-order valence-corrected chi connectivity index (χ3v) is 1.55. The first-order valence-electron chi connectivity index (χ1n) is 4.18. The molecular formula is C9H14N2O. The van der Waals surface area contributed by atoms with Crippen LogP contribution in [-0.2, 0) is 0 Å². The van der Waals surface area contributed by atoms with E-state index in [-0.39, 0.29) is 0 Å². The molecule has 1 heterocycles. The molecule has 0 spiro atoms. The van der Waals surface area contributed by atoms with Crippen molar-refractivity contribution in [1.29, 1.82) is 0 Å². The van der Waals surface area contributed by atoms with Gasteiger partial charge in [-0.05, 0) is 12.8 Å². The van der Waals surface area contributed by atoms with Crippen LogP contribution in [0.15, 0.2) is 12.4 Å². The van der Waals surface area contributed by atoms with Crippen LogP contribution in [0.2, 0.25) is 0 Å². The lowest BCUT2D eigenvalue weighted by Crippen LogP contribution is -1.98. The molecule has 0 aliphatic carbocycles. The minimum absolute atomic E-state index is 0.423. The zero-order valence-electron chi connectivity index (χ0n) is 7.74. The maximum absolute atomic E-state index is 5.25. The number of aromatic nitrogens is 2. The fourth-order valence-corrected chi connectivity index (χ4v) is 0.896. The summed E-state index contributed by atoms with van der Waals surface area (Å²) in [5.41, 5.74) is 1.02. The van der Waals surface area contributed by atoms with Gasteiger partial charge in [-0.25, -0.2) is 9.97 Å². The highest BCUT2D eigenvalue weighted by atomic mass is 16.5. The molecule has 0 atom stereocenters. The fourth-order valence-electron chi connectivity index (χ4n) is 0.896. The highest BCUT2D eigenvalue weighted by molar-refractivity contribution is 5.15. The molecule has 1 aromatic rings. The Balaban J connectivity index is 2.81. The molecular weight excluding hydrogens is 152 g/mol. The Morgan fingerprint density at radius 2 is 2.17 bits per heavy atom. The Morgan fingerprint density at radius 1 is 1.42 bits per heavy atom. The van der Waals surface area contributed by atoms with Crippen molar-refractivity contribution >= 4 is 0 Å². The first-order chi connectivity index (χ1) is 5.74. The Labute approximate surface area is 72.8 Å². The van der Waals surface area contributed by atoms with E-state index < -0.39 is 0 Å². The van der Waals surface area contributed by atoms with Crippen LogP contribution in [0, 0.1) is 0 Å². The molecule has 0 saturated heterocycles. The van der Waals surface area contributed by atoms with Gasteiger partial charge in [0.1, 0.15) is 6.33 Å². The fraction of sp³-hybridized carbons (Fsp3) is 0.556. The summed E-state index contributed by atoms with van der Waals surface area (Å²) in [6.45, 7) is 6.78. The Kier molecular flexibility index (Phi) is 3.02. The van der Waals surface area contributed by atoms with Crippen molar-refractivity contribution in [1.82, 2.24) is 9.97 Å². The zero-order valence-corrected chi connectivity index (χ0v) is 7.74. The molecule has 0 unspecified atom stereocenters. The van der Waals surface area contributed by atoms with Crippen LogP contribution in [-0.4, -0.2) is 16.6 Å². The van der Waals surface area contributed by atoms with Gasteiger partial charge < -0.3 is 4.74 Å². The molecule has 3 nitrogen and oxygen atoms in total. The van der Waals surface area contributed by atoms with Gasteiger partial charge in [-0.2, -0.15) is 0 Å². The standard InChI is InChI=1S/C9H14N2O/c1-4-12-9-5-8(7(2)3)10-6-11-9/h5-7H,4H2,1-3H3. The van der Waals surface area contributed by atoms with E-state index in [1.165, 1.54) is 0 Å². The molecule has 0 saturated carbocycles. The van der Waals surface area contributed by atoms with Gasteiger partial charge in [0.25, 0.3) is 0 Å². The van der Waals surface area contributed by atoms with Gasteiger partial charge >= 0.3 is 0 Å². The highest BCUT2D eigenvalue weighted by Crippen LogP contribution is 2.14. The van der Waals surface area contributed by atoms with E-state index in [4.69, 9.17) is 4.74 Å². The SMILES string of the molecule is CCOc1cc(C(C)C)ncn1. The van der Waals surface area contributed by atoms with Gasteiger partial charge in [0.15, 0.2) is 0 Å². The second-order valence-corrected chi connectivity index (χ2v) is 2.87. The summed E-state index contributed by atoms with van der Waals surface area (Å²) >= 11 is 0. The second-order valence-electron chi connectivity index (χ2n) is 2.87. The number of hydrogen-bond acceptors (Lipinski definition) is 3. The molecule has 66 valence electrons. The van der Waals surface area contributed by atoms with Crippen molar-refractivity contribution in [2.45, 2.75) is 26.7 Å². The number of rotatable bonds is 3. The molecule has 0 aliphatic heterocycles. The molecule has 0 aromatic carbocycles. The van der Waals surface area contributed by atoms with E-state index in [0.717, 1.165) is 5.69 Å². The van der Waals surface area contributed by atoms with E-state index in [9.17, 15) is 0 Å². The van der Waals surface area contributed by atoms with Crippen LogP contribution >= 0.6 is 0 Å². The third-order valence-electron chi connectivity index (χ3n) is 1.55. The van der Waals surface area contributed by atoms with E-state index in [1.807, 2.05) is 13.0 Å². The smallest absolute Gasteiger partial charge is 0.216 e. The van der Waals surface area contributed by atoms with Crippen LogP contribution in [0.25, 0.3) is 0 Å². The predicted octanol–water partition coefficient (Wildman–Crippen LogP) is 2.00. The van der Waals surface area contributed by atoms with Gasteiger partial charge in [0.05, 0.1) is 12.3 Å². The Bertz CT molecular complexity index is 248. The third kappa shape index (κ3) is 2.19. The van der Waals surface area contributed by atoms with Crippen LogP contribution in [0.3, 0.4) is 0 Å². The summed E-state index contributed by atoms with van der Waals surface area (Å²) in [5.74, 6) is 1.09. The minimum atomic E-state index is 0.423. The summed E-state index contributed by atoms with van der Waals surface area (Å²) in [6.07, 6.45) is 1.54. The van der Waals surface area contributed by atoms with Crippen molar-refractivity contribution in [2.24, 2.45) is 0 Å². The number of hydrogen-bond donors (Lipinski definition) is 0. The van der Waals surface area contributed by atoms with Crippen LogP contribution in [0.1, 0.15) is 32.4 Å². The van der Waals surface area contributed by atoms with Gasteiger partial charge in [-0.15, -0.1) is 0 Å². The van der Waals surface area contributed by atoms with Crippen molar-refractivity contribution < 1.29 is 4.74 Å². The molecule has 0 radical (unpaired) electrons. The van der Waals surface area contributed by atoms with Crippen LogP contribution in [0.4, 0.5) is 0 Å². The van der Waals surface area contributed by atoms with Gasteiger partial charge in [-0.1, -0.05) is 13.8 Å². The maximum Gasteiger partial charge on any atom is 0.216 e. The Hall–Kier alpha value is -1.12. The molecule has 12 heavy (non-hydrogen) atoms. The molecule has 1 aromatic heterocycles. The lowest BCUT2D eigenvalue weighted by Gasteiger charge is -2.05. The maximum atomic E-state index is 5.25. The van der Waals surface area contributed by atoms with Crippen molar-refractivity contribution in [3.63, 3.8) is 0 Å². The van der Waals surface area contributed by atoms with E-state index >= 15 is 0 Å². The van der Waals surface area contributed by atoms with Crippen molar-refractivity contribution in [3.05, 3.63) is 18.1 Å². The molecule has 0 N–H and O–H groups in total. The molecule has 0 amide bonds. The van der Waals surface area contributed by atoms with Crippen LogP contribution < -0.4 is 4.74 Å². The monoisotopic (exact) mass is 166 g/mol. The van der Waals surface area contributed by atoms with Crippen molar-refractivity contribution in [3.8, 4) is 5.88 Å². The van der Waals surface area contributed by atoms with Crippen LogP contribution in [0.5, 0.6) is 5.88 Å². The largest absolute Gasteiger partial charge is 0.478 e. The summed E-state index contributed by atoms with van der Waals surface area (Å²) in [4.78, 5) is 8.11. The summed E-state index contributed by atoms with van der Waals surface area (Å²) in [7, 11) is 0. The zero-order chi connectivity index (χ0) is 8.97. The summed E-state index contributed by atoms with van der Waals surface area (Å²) in [6, 6.07) is 1.88. The van der Waals surface area contributed by atoms with E-state index in [1.54, 1.807) is 6.33 Å². The van der Waals surface area contributed by atoms with E-state index in [0.29, 0.717) is 18.4 Å². The number of nitrogens with zero attached hydrogens (tertiary/aromatic N) is 2. The normalized spacial score (nSPS) is 10.3. The van der Waals surface area contributed by atoms with E-state index in [2.05, 4.69) is 23.8 Å². The molecule has 0 bridgehead atoms. The van der Waals surface area contributed by atoms with Gasteiger partial charge in [0.2, 0.25) is 5.88 Å². The lowest BCUT2D eigenvalue weighted by atomic mass is 10.1. The average Bonchev–Trinajstić information content (AvgIpc) is 2.05.